The lowest BCUT2D eigenvalue weighted by Gasteiger charge is -2.25. The topological polar surface area (TPSA) is 47.3 Å². The van der Waals surface area contributed by atoms with Gasteiger partial charge in [-0.3, -0.25) is 11.3 Å². The van der Waals surface area contributed by atoms with Crippen LogP contribution in [0.3, 0.4) is 0 Å². The Hall–Kier alpha value is -1.06. The summed E-state index contributed by atoms with van der Waals surface area (Å²) in [5.41, 5.74) is 6.82. The summed E-state index contributed by atoms with van der Waals surface area (Å²) in [5, 5.41) is 0. The molecule has 0 aliphatic carbocycles. The van der Waals surface area contributed by atoms with Crippen LogP contribution in [0.4, 0.5) is 0 Å². The molecule has 0 bridgehead atoms. The number of ether oxygens (including phenoxy) is 1. The van der Waals surface area contributed by atoms with Crippen molar-refractivity contribution in [1.29, 1.82) is 0 Å². The van der Waals surface area contributed by atoms with Crippen molar-refractivity contribution in [2.45, 2.75) is 53.5 Å². The van der Waals surface area contributed by atoms with Gasteiger partial charge in [0.25, 0.3) is 0 Å². The molecule has 0 aromatic heterocycles. The van der Waals surface area contributed by atoms with E-state index in [0.29, 0.717) is 5.41 Å². The van der Waals surface area contributed by atoms with Crippen molar-refractivity contribution in [3.63, 3.8) is 0 Å². The quantitative estimate of drug-likeness (QED) is 0.630. The van der Waals surface area contributed by atoms with Crippen molar-refractivity contribution in [2.75, 3.05) is 7.11 Å². The lowest BCUT2D eigenvalue weighted by Crippen LogP contribution is -2.29. The number of nitrogens with one attached hydrogen (secondary N) is 1. The Morgan fingerprint density at radius 3 is 2.37 bits per heavy atom. The molecule has 0 heterocycles. The monoisotopic (exact) mass is 264 g/mol. The summed E-state index contributed by atoms with van der Waals surface area (Å²) < 4.78 is 5.58. The van der Waals surface area contributed by atoms with Crippen LogP contribution < -0.4 is 16.0 Å². The number of hydrogen-bond acceptors (Lipinski definition) is 3. The minimum absolute atomic E-state index is 0.133. The van der Waals surface area contributed by atoms with E-state index in [4.69, 9.17) is 10.6 Å². The second kappa shape index (κ2) is 6.40. The molecule has 1 aromatic rings. The average molecular weight is 264 g/mol. The molecule has 3 N–H and O–H groups in total. The minimum Gasteiger partial charge on any atom is -0.496 e. The van der Waals surface area contributed by atoms with Gasteiger partial charge in [-0.05, 0) is 43.2 Å². The van der Waals surface area contributed by atoms with Gasteiger partial charge in [-0.15, -0.1) is 0 Å². The molecule has 1 unspecified atom stereocenters. The van der Waals surface area contributed by atoms with Gasteiger partial charge in [0.2, 0.25) is 0 Å². The molecule has 0 aliphatic rings. The third-order valence-corrected chi connectivity index (χ3v) is 3.67. The smallest absolute Gasteiger partial charge is 0.126 e. The highest BCUT2D eigenvalue weighted by molar-refractivity contribution is 5.46. The molecule has 0 fully saturated rings. The van der Waals surface area contributed by atoms with Gasteiger partial charge in [-0.2, -0.15) is 0 Å². The first-order chi connectivity index (χ1) is 8.80. The summed E-state index contributed by atoms with van der Waals surface area (Å²) in [6.45, 7) is 10.9. The van der Waals surface area contributed by atoms with Crippen molar-refractivity contribution in [2.24, 2.45) is 11.3 Å². The van der Waals surface area contributed by atoms with Crippen LogP contribution in [0.25, 0.3) is 0 Å². The van der Waals surface area contributed by atoms with Crippen LogP contribution in [-0.2, 0) is 0 Å². The number of rotatable bonds is 5. The van der Waals surface area contributed by atoms with Gasteiger partial charge < -0.3 is 4.74 Å². The number of hydrogen-bond donors (Lipinski definition) is 2. The van der Waals surface area contributed by atoms with E-state index in [-0.39, 0.29) is 6.04 Å². The maximum absolute atomic E-state index is 5.74. The molecule has 1 rings (SSSR count). The lowest BCUT2D eigenvalue weighted by atomic mass is 9.86. The van der Waals surface area contributed by atoms with E-state index >= 15 is 0 Å². The molecule has 108 valence electrons. The van der Waals surface area contributed by atoms with Gasteiger partial charge >= 0.3 is 0 Å². The van der Waals surface area contributed by atoms with Crippen LogP contribution in [0.15, 0.2) is 12.1 Å². The molecule has 3 nitrogen and oxygen atoms in total. The molecule has 19 heavy (non-hydrogen) atoms. The van der Waals surface area contributed by atoms with Gasteiger partial charge in [0.05, 0.1) is 7.11 Å². The fraction of sp³-hybridized carbons (Fsp3) is 0.625. The van der Waals surface area contributed by atoms with E-state index in [1.807, 2.05) is 0 Å². The van der Waals surface area contributed by atoms with Crippen LogP contribution >= 0.6 is 0 Å². The van der Waals surface area contributed by atoms with E-state index in [1.165, 1.54) is 11.1 Å². The Morgan fingerprint density at radius 1 is 1.26 bits per heavy atom. The second-order valence-corrected chi connectivity index (χ2v) is 6.45. The van der Waals surface area contributed by atoms with E-state index in [2.05, 4.69) is 52.2 Å². The Bertz CT molecular complexity index is 421. The van der Waals surface area contributed by atoms with E-state index in [0.717, 1.165) is 24.2 Å². The summed E-state index contributed by atoms with van der Waals surface area (Å²) >= 11 is 0. The summed E-state index contributed by atoms with van der Waals surface area (Å²) in [5.74, 6) is 6.70. The predicted octanol–water partition coefficient (Wildman–Crippen LogP) is 3.64. The highest BCUT2D eigenvalue weighted by Gasteiger charge is 2.20. The Kier molecular flexibility index (Phi) is 5.39. The maximum atomic E-state index is 5.74. The Morgan fingerprint density at radius 2 is 1.89 bits per heavy atom. The van der Waals surface area contributed by atoms with Crippen LogP contribution in [0.2, 0.25) is 0 Å². The summed E-state index contributed by atoms with van der Waals surface area (Å²) in [6.07, 6.45) is 2.11. The average Bonchev–Trinajstić information content (AvgIpc) is 2.33. The molecule has 0 spiro atoms. The Labute approximate surface area is 117 Å². The third-order valence-electron chi connectivity index (χ3n) is 3.67. The zero-order chi connectivity index (χ0) is 14.6. The molecule has 1 atom stereocenters. The van der Waals surface area contributed by atoms with Gasteiger partial charge in [0, 0.05) is 11.6 Å². The minimum atomic E-state index is 0.133. The van der Waals surface area contributed by atoms with Gasteiger partial charge in [0.15, 0.2) is 0 Å². The molecule has 0 aliphatic heterocycles. The normalized spacial score (nSPS) is 13.4. The molecule has 3 heteroatoms. The first-order valence-corrected chi connectivity index (χ1v) is 6.90. The van der Waals surface area contributed by atoms with Gasteiger partial charge in [0.1, 0.15) is 5.75 Å². The standard InChI is InChI=1S/C16H28N2O/c1-11-7-8-13(15(19-6)12(11)2)14(18-17)9-10-16(3,4)5/h7-8,14,18H,9-10,17H2,1-6H3. The largest absolute Gasteiger partial charge is 0.496 e. The zero-order valence-electron chi connectivity index (χ0n) is 13.1. The first kappa shape index (κ1) is 16.0. The number of aryl methyl sites for hydroxylation is 1. The molecule has 0 radical (unpaired) electrons. The third kappa shape index (κ3) is 4.22. The maximum Gasteiger partial charge on any atom is 0.126 e. The molecule has 0 saturated carbocycles. The molecule has 1 aromatic carbocycles. The molecular weight excluding hydrogens is 236 g/mol. The Balaban J connectivity index is 3.01. The van der Waals surface area contributed by atoms with Crippen molar-refractivity contribution in [1.82, 2.24) is 5.43 Å². The van der Waals surface area contributed by atoms with Gasteiger partial charge in [-0.1, -0.05) is 32.9 Å². The second-order valence-electron chi connectivity index (χ2n) is 6.45. The summed E-state index contributed by atoms with van der Waals surface area (Å²) in [6, 6.07) is 4.39. The number of benzene rings is 1. The summed E-state index contributed by atoms with van der Waals surface area (Å²) in [7, 11) is 1.72. The van der Waals surface area contributed by atoms with Crippen molar-refractivity contribution in [3.8, 4) is 5.75 Å². The predicted molar refractivity (Wildman–Crippen MR) is 81.2 cm³/mol. The highest BCUT2D eigenvalue weighted by atomic mass is 16.5. The molecular formula is C16H28N2O. The van der Waals surface area contributed by atoms with E-state index < -0.39 is 0 Å². The number of methoxy groups -OCH3 is 1. The fourth-order valence-corrected chi connectivity index (χ4v) is 2.26. The van der Waals surface area contributed by atoms with E-state index in [1.54, 1.807) is 7.11 Å². The number of hydrazine groups is 1. The van der Waals surface area contributed by atoms with Crippen molar-refractivity contribution >= 4 is 0 Å². The first-order valence-electron chi connectivity index (χ1n) is 6.90. The highest BCUT2D eigenvalue weighted by Crippen LogP contribution is 2.34. The van der Waals surface area contributed by atoms with Gasteiger partial charge in [-0.25, -0.2) is 0 Å². The number of nitrogens with two attached hydrogens (primary N) is 1. The summed E-state index contributed by atoms with van der Waals surface area (Å²) in [4.78, 5) is 0. The van der Waals surface area contributed by atoms with E-state index in [9.17, 15) is 0 Å². The zero-order valence-corrected chi connectivity index (χ0v) is 13.1. The molecule has 0 amide bonds. The van der Waals surface area contributed by atoms with Crippen LogP contribution in [0.1, 0.15) is 56.3 Å². The van der Waals surface area contributed by atoms with Crippen LogP contribution in [0, 0.1) is 19.3 Å². The SMILES string of the molecule is COc1c(C(CCC(C)(C)C)NN)ccc(C)c1C. The fourth-order valence-electron chi connectivity index (χ4n) is 2.26. The van der Waals surface area contributed by atoms with Crippen molar-refractivity contribution in [3.05, 3.63) is 28.8 Å². The molecule has 0 saturated heterocycles. The van der Waals surface area contributed by atoms with Crippen LogP contribution in [0.5, 0.6) is 5.75 Å². The van der Waals surface area contributed by atoms with Crippen LogP contribution in [-0.4, -0.2) is 7.11 Å². The lowest BCUT2D eigenvalue weighted by molar-refractivity contribution is 0.327. The van der Waals surface area contributed by atoms with Crippen molar-refractivity contribution < 1.29 is 4.74 Å².